The van der Waals surface area contributed by atoms with Crippen molar-refractivity contribution in [2.45, 2.75) is 0 Å². The predicted octanol–water partition coefficient (Wildman–Crippen LogP) is 3.04. The third-order valence-corrected chi connectivity index (χ3v) is 2.69. The maximum absolute atomic E-state index is 8.86. The van der Waals surface area contributed by atoms with Crippen LogP contribution < -0.4 is 11.1 Å². The van der Waals surface area contributed by atoms with E-state index < -0.39 is 0 Å². The van der Waals surface area contributed by atoms with Crippen molar-refractivity contribution in [1.82, 2.24) is 4.98 Å². The molecule has 1 heterocycles. The van der Waals surface area contributed by atoms with Crippen LogP contribution in [0.1, 0.15) is 5.56 Å². The molecular formula is C12H9BrN4. The molecule has 5 heteroatoms. The van der Waals surface area contributed by atoms with E-state index >= 15 is 0 Å². The zero-order valence-electron chi connectivity index (χ0n) is 8.81. The largest absolute Gasteiger partial charge is 0.395 e. The molecule has 0 radical (unpaired) electrons. The molecule has 0 fully saturated rings. The second kappa shape index (κ2) is 4.85. The van der Waals surface area contributed by atoms with Gasteiger partial charge in [0.15, 0.2) is 5.82 Å². The Bertz CT molecular complexity index is 589. The molecule has 0 aliphatic rings. The molecule has 17 heavy (non-hydrogen) atoms. The molecule has 0 aliphatic carbocycles. The monoisotopic (exact) mass is 288 g/mol. The van der Waals surface area contributed by atoms with Crippen molar-refractivity contribution in [3.8, 4) is 6.07 Å². The highest BCUT2D eigenvalue weighted by Crippen LogP contribution is 2.24. The number of pyridine rings is 1. The summed E-state index contributed by atoms with van der Waals surface area (Å²) in [7, 11) is 0. The quantitative estimate of drug-likeness (QED) is 0.891. The summed E-state index contributed by atoms with van der Waals surface area (Å²) in [4.78, 5) is 4.11. The number of nitrogens with zero attached hydrogens (tertiary/aromatic N) is 2. The minimum atomic E-state index is 0.356. The molecule has 0 saturated heterocycles. The van der Waals surface area contributed by atoms with Gasteiger partial charge >= 0.3 is 0 Å². The smallest absolute Gasteiger partial charge is 0.154 e. The lowest BCUT2D eigenvalue weighted by Gasteiger charge is -2.09. The third-order valence-electron chi connectivity index (χ3n) is 2.20. The Balaban J connectivity index is 2.34. The third kappa shape index (κ3) is 2.55. The minimum Gasteiger partial charge on any atom is -0.395 e. The van der Waals surface area contributed by atoms with Gasteiger partial charge in [0.05, 0.1) is 11.3 Å². The second-order valence-electron chi connectivity index (χ2n) is 3.37. The Kier molecular flexibility index (Phi) is 3.26. The summed E-state index contributed by atoms with van der Waals surface area (Å²) >= 11 is 3.38. The van der Waals surface area contributed by atoms with E-state index in [0.29, 0.717) is 17.1 Å². The van der Waals surface area contributed by atoms with Crippen LogP contribution in [0.2, 0.25) is 0 Å². The first-order chi connectivity index (χ1) is 8.20. The van der Waals surface area contributed by atoms with E-state index in [1.165, 1.54) is 0 Å². The van der Waals surface area contributed by atoms with Crippen molar-refractivity contribution in [3.63, 3.8) is 0 Å². The van der Waals surface area contributed by atoms with Gasteiger partial charge in [0.1, 0.15) is 6.07 Å². The highest BCUT2D eigenvalue weighted by atomic mass is 79.9. The Morgan fingerprint density at radius 1 is 1.35 bits per heavy atom. The topological polar surface area (TPSA) is 74.7 Å². The summed E-state index contributed by atoms with van der Waals surface area (Å²) in [5.41, 5.74) is 7.45. The average molecular weight is 289 g/mol. The van der Waals surface area contributed by atoms with Gasteiger partial charge in [-0.2, -0.15) is 5.26 Å². The van der Waals surface area contributed by atoms with E-state index in [2.05, 4.69) is 26.2 Å². The van der Waals surface area contributed by atoms with E-state index in [4.69, 9.17) is 11.0 Å². The molecule has 2 aromatic rings. The van der Waals surface area contributed by atoms with E-state index in [1.807, 2.05) is 30.3 Å². The van der Waals surface area contributed by atoms with Crippen LogP contribution in [0.5, 0.6) is 0 Å². The van der Waals surface area contributed by atoms with Gasteiger partial charge in [0.25, 0.3) is 0 Å². The maximum atomic E-state index is 8.86. The van der Waals surface area contributed by atoms with Gasteiger partial charge in [0.2, 0.25) is 0 Å². The number of nitrogens with one attached hydrogen (secondary N) is 1. The number of anilines is 3. The number of hydrogen-bond donors (Lipinski definition) is 2. The standard InChI is InChI=1S/C12H9BrN4/c13-9-2-1-3-10(6-9)17-12-11(15)8(7-14)4-5-16-12/h1-6H,15H2,(H,16,17). The first kappa shape index (κ1) is 11.4. The van der Waals surface area contributed by atoms with Gasteiger partial charge < -0.3 is 11.1 Å². The van der Waals surface area contributed by atoms with Crippen LogP contribution >= 0.6 is 15.9 Å². The molecule has 0 aliphatic heterocycles. The first-order valence-electron chi connectivity index (χ1n) is 4.88. The molecular weight excluding hydrogens is 280 g/mol. The molecule has 0 atom stereocenters. The van der Waals surface area contributed by atoms with Crippen LogP contribution in [0, 0.1) is 11.3 Å². The Labute approximate surface area is 107 Å². The number of benzene rings is 1. The molecule has 84 valence electrons. The fourth-order valence-corrected chi connectivity index (χ4v) is 1.77. The van der Waals surface area contributed by atoms with E-state index in [0.717, 1.165) is 10.2 Å². The van der Waals surface area contributed by atoms with Crippen LogP contribution in [0.3, 0.4) is 0 Å². The van der Waals surface area contributed by atoms with Gasteiger partial charge in [0, 0.05) is 16.4 Å². The summed E-state index contributed by atoms with van der Waals surface area (Å²) in [6.45, 7) is 0. The normalized spacial score (nSPS) is 9.65. The predicted molar refractivity (Wildman–Crippen MR) is 70.8 cm³/mol. The molecule has 0 saturated carbocycles. The van der Waals surface area contributed by atoms with Gasteiger partial charge in [-0.05, 0) is 24.3 Å². The van der Waals surface area contributed by atoms with Crippen LogP contribution in [-0.2, 0) is 0 Å². The second-order valence-corrected chi connectivity index (χ2v) is 4.28. The lowest BCUT2D eigenvalue weighted by atomic mass is 10.2. The number of rotatable bonds is 2. The molecule has 1 aromatic carbocycles. The van der Waals surface area contributed by atoms with Crippen molar-refractivity contribution in [3.05, 3.63) is 46.6 Å². The SMILES string of the molecule is N#Cc1ccnc(Nc2cccc(Br)c2)c1N. The fourth-order valence-electron chi connectivity index (χ4n) is 1.37. The zero-order chi connectivity index (χ0) is 12.3. The molecule has 1 aromatic heterocycles. The Morgan fingerprint density at radius 2 is 2.18 bits per heavy atom. The highest BCUT2D eigenvalue weighted by molar-refractivity contribution is 9.10. The van der Waals surface area contributed by atoms with Gasteiger partial charge in [-0.15, -0.1) is 0 Å². The molecule has 0 spiro atoms. The van der Waals surface area contributed by atoms with E-state index in [-0.39, 0.29) is 0 Å². The lowest BCUT2D eigenvalue weighted by molar-refractivity contribution is 1.30. The van der Waals surface area contributed by atoms with Crippen LogP contribution in [0.25, 0.3) is 0 Å². The highest BCUT2D eigenvalue weighted by Gasteiger charge is 2.05. The molecule has 2 rings (SSSR count). The van der Waals surface area contributed by atoms with Crippen LogP contribution in [0.4, 0.5) is 17.2 Å². The van der Waals surface area contributed by atoms with Gasteiger partial charge in [-0.3, -0.25) is 0 Å². The van der Waals surface area contributed by atoms with Crippen LogP contribution in [0.15, 0.2) is 41.0 Å². The van der Waals surface area contributed by atoms with Crippen molar-refractivity contribution in [2.24, 2.45) is 0 Å². The minimum absolute atomic E-state index is 0.356. The Hall–Kier alpha value is -2.06. The summed E-state index contributed by atoms with van der Waals surface area (Å²) in [5.74, 6) is 0.488. The summed E-state index contributed by atoms with van der Waals surface area (Å²) < 4.78 is 0.956. The average Bonchev–Trinajstić information content (AvgIpc) is 2.32. The fraction of sp³-hybridized carbons (Fsp3) is 0. The van der Waals surface area contributed by atoms with Crippen molar-refractivity contribution in [2.75, 3.05) is 11.1 Å². The number of nitriles is 1. The molecule has 0 bridgehead atoms. The molecule has 4 nitrogen and oxygen atoms in total. The summed E-state index contributed by atoms with van der Waals surface area (Å²) in [6.07, 6.45) is 1.55. The molecule has 0 amide bonds. The first-order valence-corrected chi connectivity index (χ1v) is 5.67. The van der Waals surface area contributed by atoms with E-state index in [1.54, 1.807) is 12.3 Å². The maximum Gasteiger partial charge on any atom is 0.154 e. The molecule has 0 unspecified atom stereocenters. The summed E-state index contributed by atoms with van der Waals surface area (Å²) in [5, 5.41) is 11.9. The number of hydrogen-bond acceptors (Lipinski definition) is 4. The van der Waals surface area contributed by atoms with Crippen molar-refractivity contribution < 1.29 is 0 Å². The van der Waals surface area contributed by atoms with Crippen molar-refractivity contribution in [1.29, 1.82) is 5.26 Å². The molecule has 3 N–H and O–H groups in total. The number of nitrogens with two attached hydrogens (primary N) is 1. The van der Waals surface area contributed by atoms with Crippen LogP contribution in [-0.4, -0.2) is 4.98 Å². The number of nitrogen functional groups attached to an aromatic ring is 1. The van der Waals surface area contributed by atoms with Gasteiger partial charge in [-0.25, -0.2) is 4.98 Å². The zero-order valence-corrected chi connectivity index (χ0v) is 10.4. The van der Waals surface area contributed by atoms with Crippen molar-refractivity contribution >= 4 is 33.1 Å². The van der Waals surface area contributed by atoms with Gasteiger partial charge in [-0.1, -0.05) is 22.0 Å². The lowest BCUT2D eigenvalue weighted by Crippen LogP contribution is -2.01. The number of halogens is 1. The summed E-state index contributed by atoms with van der Waals surface area (Å²) in [6, 6.07) is 11.2. The van der Waals surface area contributed by atoms with E-state index in [9.17, 15) is 0 Å². The Morgan fingerprint density at radius 3 is 2.88 bits per heavy atom. The number of aromatic nitrogens is 1.